The van der Waals surface area contributed by atoms with Crippen LogP contribution in [0.25, 0.3) is 11.0 Å². The molecule has 4 aromatic rings. The second-order valence-corrected chi connectivity index (χ2v) is 11.7. The first-order valence-electron chi connectivity index (χ1n) is 11.1. The molecule has 1 aromatic heterocycles. The van der Waals surface area contributed by atoms with Crippen LogP contribution in [0, 0.1) is 5.82 Å². The molecule has 6 nitrogen and oxygen atoms in total. The van der Waals surface area contributed by atoms with Gasteiger partial charge in [-0.05, 0) is 42.3 Å². The van der Waals surface area contributed by atoms with Crippen LogP contribution >= 0.6 is 27.5 Å². The Morgan fingerprint density at radius 3 is 2.64 bits per heavy atom. The first-order chi connectivity index (χ1) is 17.2. The zero-order valence-corrected chi connectivity index (χ0v) is 22.5. The van der Waals surface area contributed by atoms with Gasteiger partial charge in [0, 0.05) is 40.7 Å². The van der Waals surface area contributed by atoms with Gasteiger partial charge in [-0.3, -0.25) is 4.79 Å². The number of aryl methyl sites for hydroxylation is 1. The predicted octanol–water partition coefficient (Wildman–Crippen LogP) is 5.78. The molecule has 0 aliphatic heterocycles. The molecule has 3 aromatic carbocycles. The average Bonchev–Trinajstić information content (AvgIpc) is 3.23. The number of hydrogen-bond acceptors (Lipinski definition) is 5. The summed E-state index contributed by atoms with van der Waals surface area (Å²) in [5, 5.41) is 0.444. The van der Waals surface area contributed by atoms with Crippen molar-refractivity contribution in [3.05, 3.63) is 92.9 Å². The highest BCUT2D eigenvalue weighted by Crippen LogP contribution is 2.30. The lowest BCUT2D eigenvalue weighted by molar-refractivity contribution is 0.0761. The van der Waals surface area contributed by atoms with E-state index in [-0.39, 0.29) is 53.3 Å². The topological polar surface area (TPSA) is 78.3 Å². The minimum absolute atomic E-state index is 0.0715. The highest BCUT2D eigenvalue weighted by molar-refractivity contribution is 9.10. The monoisotopic (exact) mass is 592 g/mol. The van der Waals surface area contributed by atoms with Crippen LogP contribution in [0.1, 0.15) is 27.9 Å². The molecule has 0 aliphatic rings. The Balaban J connectivity index is 1.50. The summed E-state index contributed by atoms with van der Waals surface area (Å²) >= 11 is 9.71. The molecule has 0 N–H and O–H groups in total. The number of carbonyl (C=O) groups is 1. The van der Waals surface area contributed by atoms with E-state index in [0.717, 1.165) is 4.47 Å². The van der Waals surface area contributed by atoms with Crippen LogP contribution in [-0.2, 0) is 28.0 Å². The van der Waals surface area contributed by atoms with Crippen LogP contribution < -0.4 is 0 Å². The number of halogens is 3. The SMILES string of the molecule is Cn1cnc2c(F)c(Cc3ccc(Br)cc3Cl)c(C(=O)COCCCS(=O)(=O)c3ccccc3)cc21. The van der Waals surface area contributed by atoms with E-state index in [1.165, 1.54) is 6.33 Å². The lowest BCUT2D eigenvalue weighted by Gasteiger charge is -2.13. The van der Waals surface area contributed by atoms with E-state index in [1.54, 1.807) is 66.2 Å². The zero-order valence-electron chi connectivity index (χ0n) is 19.4. The summed E-state index contributed by atoms with van der Waals surface area (Å²) in [6, 6.07) is 15.1. The number of hydrogen-bond donors (Lipinski definition) is 0. The van der Waals surface area contributed by atoms with Crippen LogP contribution in [0.15, 0.2) is 70.3 Å². The summed E-state index contributed by atoms with van der Waals surface area (Å²) in [7, 11) is -1.71. The molecule has 0 bridgehead atoms. The maximum Gasteiger partial charge on any atom is 0.188 e. The average molecular weight is 594 g/mol. The second-order valence-electron chi connectivity index (χ2n) is 8.31. The molecular weight excluding hydrogens is 571 g/mol. The normalized spacial score (nSPS) is 11.8. The van der Waals surface area contributed by atoms with Crippen molar-refractivity contribution in [2.24, 2.45) is 7.05 Å². The summed E-state index contributed by atoms with van der Waals surface area (Å²) in [6.45, 7) is -0.239. The lowest BCUT2D eigenvalue weighted by atomic mass is 9.95. The van der Waals surface area contributed by atoms with E-state index in [4.69, 9.17) is 16.3 Å². The first-order valence-corrected chi connectivity index (χ1v) is 13.9. The molecule has 0 saturated carbocycles. The first kappa shape index (κ1) is 26.5. The van der Waals surface area contributed by atoms with E-state index in [9.17, 15) is 13.2 Å². The van der Waals surface area contributed by atoms with Crippen molar-refractivity contribution in [1.82, 2.24) is 9.55 Å². The van der Waals surface area contributed by atoms with Gasteiger partial charge in [-0.25, -0.2) is 17.8 Å². The molecule has 0 fully saturated rings. The number of aromatic nitrogens is 2. The van der Waals surface area contributed by atoms with Gasteiger partial charge in [-0.15, -0.1) is 0 Å². The van der Waals surface area contributed by atoms with Crippen molar-refractivity contribution in [3.63, 3.8) is 0 Å². The number of rotatable bonds is 10. The molecule has 188 valence electrons. The van der Waals surface area contributed by atoms with Crippen molar-refractivity contribution in [3.8, 4) is 0 Å². The Hall–Kier alpha value is -2.59. The maximum atomic E-state index is 15.5. The number of carbonyl (C=O) groups excluding carboxylic acids is 1. The highest BCUT2D eigenvalue weighted by Gasteiger charge is 2.22. The Kier molecular flexibility index (Phi) is 8.24. The molecule has 0 atom stereocenters. The minimum Gasteiger partial charge on any atom is -0.373 e. The Morgan fingerprint density at radius 2 is 1.92 bits per heavy atom. The highest BCUT2D eigenvalue weighted by atomic mass is 79.9. The summed E-state index contributed by atoms with van der Waals surface area (Å²) < 4.78 is 48.3. The fourth-order valence-corrected chi connectivity index (χ4v) is 5.93. The molecule has 4 rings (SSSR count). The molecule has 0 aliphatic carbocycles. The molecule has 1 heterocycles. The number of Topliss-reactive ketones (excluding diaryl/α,β-unsaturated/α-hetero) is 1. The van der Waals surface area contributed by atoms with Gasteiger partial charge in [0.15, 0.2) is 21.4 Å². The third-order valence-electron chi connectivity index (χ3n) is 5.78. The summed E-state index contributed by atoms with van der Waals surface area (Å²) in [4.78, 5) is 17.5. The third kappa shape index (κ3) is 5.86. The summed E-state index contributed by atoms with van der Waals surface area (Å²) in [5.41, 5.74) is 1.68. The molecular formula is C26H23BrClFN2O4S. The number of ether oxygens (including phenoxy) is 1. The van der Waals surface area contributed by atoms with E-state index in [0.29, 0.717) is 16.1 Å². The second kappa shape index (κ2) is 11.2. The number of nitrogens with zero attached hydrogens (tertiary/aromatic N) is 2. The number of ketones is 1. The standard InChI is InChI=1S/C26H23BrClFN2O4S/c1-31-16-30-26-23(31)14-20(21(25(26)29)12-17-8-9-18(27)13-22(17)28)24(32)15-35-10-5-11-36(33,34)19-6-3-2-4-7-19/h2-4,6-9,13-14,16H,5,10-12,15H2,1H3. The van der Waals surface area contributed by atoms with Gasteiger partial charge < -0.3 is 9.30 Å². The summed E-state index contributed by atoms with van der Waals surface area (Å²) in [5.74, 6) is -1.09. The van der Waals surface area contributed by atoms with Crippen LogP contribution in [0.2, 0.25) is 5.02 Å². The zero-order chi connectivity index (χ0) is 25.9. The van der Waals surface area contributed by atoms with Crippen LogP contribution in [0.3, 0.4) is 0 Å². The predicted molar refractivity (Wildman–Crippen MR) is 141 cm³/mol. The molecule has 36 heavy (non-hydrogen) atoms. The molecule has 0 saturated heterocycles. The van der Waals surface area contributed by atoms with Crippen molar-refractivity contribution in [2.45, 2.75) is 17.7 Å². The van der Waals surface area contributed by atoms with E-state index >= 15 is 4.39 Å². The molecule has 0 spiro atoms. The Bertz CT molecular complexity index is 1520. The fraction of sp³-hybridized carbons (Fsp3) is 0.231. The third-order valence-corrected chi connectivity index (χ3v) is 8.44. The van der Waals surface area contributed by atoms with Gasteiger partial charge in [-0.2, -0.15) is 0 Å². The number of imidazole rings is 1. The number of fused-ring (bicyclic) bond motifs is 1. The number of sulfone groups is 1. The van der Waals surface area contributed by atoms with Gasteiger partial charge in [0.2, 0.25) is 0 Å². The Labute approximate surface area is 222 Å². The van der Waals surface area contributed by atoms with Crippen molar-refractivity contribution in [1.29, 1.82) is 0 Å². The van der Waals surface area contributed by atoms with Crippen molar-refractivity contribution >= 4 is 54.2 Å². The Morgan fingerprint density at radius 1 is 1.17 bits per heavy atom. The molecule has 0 unspecified atom stereocenters. The van der Waals surface area contributed by atoms with E-state index in [1.807, 2.05) is 0 Å². The van der Waals surface area contributed by atoms with Gasteiger partial charge in [0.05, 0.1) is 22.5 Å². The van der Waals surface area contributed by atoms with Gasteiger partial charge in [0.1, 0.15) is 12.1 Å². The van der Waals surface area contributed by atoms with E-state index in [2.05, 4.69) is 20.9 Å². The summed E-state index contributed by atoms with van der Waals surface area (Å²) in [6.07, 6.45) is 1.81. The minimum atomic E-state index is -3.43. The molecule has 0 radical (unpaired) electrons. The van der Waals surface area contributed by atoms with E-state index < -0.39 is 21.4 Å². The van der Waals surface area contributed by atoms with Gasteiger partial charge in [-0.1, -0.05) is 51.8 Å². The fourth-order valence-electron chi connectivity index (χ4n) is 3.88. The van der Waals surface area contributed by atoms with Crippen molar-refractivity contribution < 1.29 is 22.3 Å². The quantitative estimate of drug-likeness (QED) is 0.172. The van der Waals surface area contributed by atoms with Crippen LogP contribution in [0.4, 0.5) is 4.39 Å². The van der Waals surface area contributed by atoms with Gasteiger partial charge >= 0.3 is 0 Å². The van der Waals surface area contributed by atoms with Crippen LogP contribution in [-0.4, -0.2) is 42.7 Å². The van der Waals surface area contributed by atoms with Crippen LogP contribution in [0.5, 0.6) is 0 Å². The lowest BCUT2D eigenvalue weighted by Crippen LogP contribution is -2.16. The molecule has 10 heteroatoms. The smallest absolute Gasteiger partial charge is 0.188 e. The molecule has 0 amide bonds. The van der Waals surface area contributed by atoms with Crippen molar-refractivity contribution in [2.75, 3.05) is 19.0 Å². The van der Waals surface area contributed by atoms with Gasteiger partial charge in [0.25, 0.3) is 0 Å². The largest absolute Gasteiger partial charge is 0.373 e. The maximum absolute atomic E-state index is 15.5. The number of benzene rings is 3.